The number of ether oxygens (including phenoxy) is 2. The van der Waals surface area contributed by atoms with E-state index in [-0.39, 0.29) is 5.97 Å². The van der Waals surface area contributed by atoms with Crippen LogP contribution in [0.1, 0.15) is 10.4 Å². The van der Waals surface area contributed by atoms with E-state index in [2.05, 4.69) is 21.4 Å². The number of nitrogens with zero attached hydrogens (tertiary/aromatic N) is 4. The maximum absolute atomic E-state index is 11.8. The maximum atomic E-state index is 11.8. The summed E-state index contributed by atoms with van der Waals surface area (Å²) in [6, 6.07) is 5.90. The minimum absolute atomic E-state index is 0.336. The van der Waals surface area contributed by atoms with E-state index in [1.807, 2.05) is 13.1 Å². The molecular weight excluding hydrogens is 320 g/mol. The minimum Gasteiger partial charge on any atom is -0.465 e. The lowest BCUT2D eigenvalue weighted by molar-refractivity contribution is 0.0601. The standard InChI is InChI=1S/C18H24N4O3/c1-20-7-12-8-22(9-14(20)11-25-10-12)18-19-15-6-13(17(23)24-3)4-5-16(15)21(18)2/h4-6,12,14H,7-11H2,1-3H3/t12-,14+/m1/s1. The van der Waals surface area contributed by atoms with Crippen LogP contribution in [0.5, 0.6) is 0 Å². The third-order valence-corrected chi connectivity index (χ3v) is 5.30. The van der Waals surface area contributed by atoms with Crippen LogP contribution in [-0.2, 0) is 16.5 Å². The molecule has 7 heteroatoms. The third kappa shape index (κ3) is 2.87. The number of imidazole rings is 1. The number of methoxy groups -OCH3 is 1. The Morgan fingerprint density at radius 1 is 1.24 bits per heavy atom. The highest BCUT2D eigenvalue weighted by atomic mass is 16.5. The monoisotopic (exact) mass is 344 g/mol. The Morgan fingerprint density at radius 3 is 2.88 bits per heavy atom. The van der Waals surface area contributed by atoms with Crippen molar-refractivity contribution in [3.63, 3.8) is 0 Å². The zero-order valence-electron chi connectivity index (χ0n) is 14.9. The molecule has 25 heavy (non-hydrogen) atoms. The first-order chi connectivity index (χ1) is 12.1. The SMILES string of the molecule is COC(=O)c1ccc2c(c1)nc(N1C[C@@H]3COC[C@H](C1)N(C)C3)n2C. The molecule has 3 heterocycles. The molecule has 7 nitrogen and oxygen atoms in total. The van der Waals surface area contributed by atoms with Gasteiger partial charge in [0, 0.05) is 32.6 Å². The number of aromatic nitrogens is 2. The molecule has 0 aliphatic carbocycles. The number of aryl methyl sites for hydroxylation is 1. The summed E-state index contributed by atoms with van der Waals surface area (Å²) in [6.07, 6.45) is 0. The predicted octanol–water partition coefficient (Wildman–Crippen LogP) is 1.13. The summed E-state index contributed by atoms with van der Waals surface area (Å²) in [5.41, 5.74) is 2.36. The second kappa shape index (κ2) is 6.31. The molecule has 0 radical (unpaired) electrons. The van der Waals surface area contributed by atoms with Crippen molar-refractivity contribution in [2.24, 2.45) is 13.0 Å². The molecule has 2 aliphatic heterocycles. The average Bonchev–Trinajstić information content (AvgIpc) is 2.71. The van der Waals surface area contributed by atoms with Crippen molar-refractivity contribution in [3.8, 4) is 0 Å². The number of rotatable bonds is 2. The highest BCUT2D eigenvalue weighted by Gasteiger charge is 2.33. The van der Waals surface area contributed by atoms with Crippen molar-refractivity contribution in [2.45, 2.75) is 6.04 Å². The van der Waals surface area contributed by atoms with Crippen LogP contribution in [0.25, 0.3) is 11.0 Å². The van der Waals surface area contributed by atoms with Crippen LogP contribution in [0.3, 0.4) is 0 Å². The van der Waals surface area contributed by atoms with Gasteiger partial charge in [0.25, 0.3) is 0 Å². The Kier molecular flexibility index (Phi) is 4.13. The van der Waals surface area contributed by atoms with Gasteiger partial charge in [-0.2, -0.15) is 0 Å². The molecule has 0 amide bonds. The summed E-state index contributed by atoms with van der Waals surface area (Å²) in [4.78, 5) is 21.4. The lowest BCUT2D eigenvalue weighted by Crippen LogP contribution is -2.43. The van der Waals surface area contributed by atoms with Crippen molar-refractivity contribution in [1.82, 2.24) is 14.5 Å². The smallest absolute Gasteiger partial charge is 0.337 e. The van der Waals surface area contributed by atoms with Crippen molar-refractivity contribution in [2.75, 3.05) is 51.9 Å². The van der Waals surface area contributed by atoms with Crippen molar-refractivity contribution in [1.29, 1.82) is 0 Å². The summed E-state index contributed by atoms with van der Waals surface area (Å²) in [6.45, 7) is 4.45. The molecule has 1 aromatic heterocycles. The molecule has 0 saturated carbocycles. The first kappa shape index (κ1) is 16.4. The van der Waals surface area contributed by atoms with Crippen LogP contribution >= 0.6 is 0 Å². The van der Waals surface area contributed by atoms with Gasteiger partial charge in [0.05, 0.1) is 43.0 Å². The van der Waals surface area contributed by atoms with Crippen LogP contribution in [0.4, 0.5) is 5.95 Å². The fourth-order valence-electron chi connectivity index (χ4n) is 3.93. The molecule has 2 atom stereocenters. The number of anilines is 1. The number of carbonyl (C=O) groups is 1. The Morgan fingerprint density at radius 2 is 2.08 bits per heavy atom. The summed E-state index contributed by atoms with van der Waals surface area (Å²) in [7, 11) is 5.60. The van der Waals surface area contributed by atoms with Crippen molar-refractivity contribution >= 4 is 23.0 Å². The van der Waals surface area contributed by atoms with Gasteiger partial charge in [-0.25, -0.2) is 9.78 Å². The van der Waals surface area contributed by atoms with E-state index in [4.69, 9.17) is 14.5 Å². The van der Waals surface area contributed by atoms with E-state index in [1.165, 1.54) is 7.11 Å². The molecule has 2 aromatic rings. The second-order valence-electron chi connectivity index (χ2n) is 7.07. The largest absolute Gasteiger partial charge is 0.465 e. The van der Waals surface area contributed by atoms with E-state index >= 15 is 0 Å². The Labute approximate surface area is 147 Å². The first-order valence-corrected chi connectivity index (χ1v) is 8.64. The van der Waals surface area contributed by atoms with Gasteiger partial charge in [0.2, 0.25) is 5.95 Å². The van der Waals surface area contributed by atoms with Crippen LogP contribution in [0, 0.1) is 5.92 Å². The zero-order valence-corrected chi connectivity index (χ0v) is 14.9. The van der Waals surface area contributed by atoms with Crippen LogP contribution < -0.4 is 4.90 Å². The first-order valence-electron chi connectivity index (χ1n) is 8.64. The zero-order chi connectivity index (χ0) is 17.6. The van der Waals surface area contributed by atoms with Crippen LogP contribution in [-0.4, -0.2) is 73.5 Å². The quantitative estimate of drug-likeness (QED) is 0.761. The Balaban J connectivity index is 1.71. The molecule has 2 saturated heterocycles. The third-order valence-electron chi connectivity index (χ3n) is 5.30. The van der Waals surface area contributed by atoms with E-state index in [0.717, 1.165) is 49.8 Å². The lowest BCUT2D eigenvalue weighted by Gasteiger charge is -2.30. The van der Waals surface area contributed by atoms with E-state index in [0.29, 0.717) is 17.5 Å². The fourth-order valence-corrected chi connectivity index (χ4v) is 3.93. The molecule has 0 unspecified atom stereocenters. The average molecular weight is 344 g/mol. The van der Waals surface area contributed by atoms with E-state index in [9.17, 15) is 4.79 Å². The number of carbonyl (C=O) groups excluding carboxylic acids is 1. The number of hydrogen-bond donors (Lipinski definition) is 0. The summed E-state index contributed by atoms with van der Waals surface area (Å²) >= 11 is 0. The number of likely N-dealkylation sites (N-methyl/N-ethyl adjacent to an activating group) is 1. The van der Waals surface area contributed by atoms with Crippen molar-refractivity contribution < 1.29 is 14.3 Å². The van der Waals surface area contributed by atoms with Gasteiger partial charge in [0.1, 0.15) is 0 Å². The van der Waals surface area contributed by atoms with E-state index < -0.39 is 0 Å². The summed E-state index contributed by atoms with van der Waals surface area (Å²) in [5, 5.41) is 0. The van der Waals surface area contributed by atoms with Gasteiger partial charge in [-0.15, -0.1) is 0 Å². The van der Waals surface area contributed by atoms with Gasteiger partial charge in [-0.1, -0.05) is 0 Å². The van der Waals surface area contributed by atoms with Gasteiger partial charge < -0.3 is 18.9 Å². The fraction of sp³-hybridized carbons (Fsp3) is 0.556. The van der Waals surface area contributed by atoms with Gasteiger partial charge in [0.15, 0.2) is 0 Å². The van der Waals surface area contributed by atoms with Gasteiger partial charge >= 0.3 is 5.97 Å². The van der Waals surface area contributed by atoms with Crippen LogP contribution in [0.2, 0.25) is 0 Å². The molecule has 2 aliphatic rings. The van der Waals surface area contributed by atoms with Crippen LogP contribution in [0.15, 0.2) is 18.2 Å². The molecule has 1 aromatic carbocycles. The molecule has 2 bridgehead atoms. The Hall–Kier alpha value is -2.12. The molecule has 0 spiro atoms. The number of esters is 1. The highest BCUT2D eigenvalue weighted by molar-refractivity contribution is 5.94. The molecule has 0 N–H and O–H groups in total. The molecule has 4 rings (SSSR count). The number of fused-ring (bicyclic) bond motifs is 4. The normalized spacial score (nSPS) is 24.4. The summed E-state index contributed by atoms with van der Waals surface area (Å²) < 4.78 is 12.7. The summed E-state index contributed by atoms with van der Waals surface area (Å²) in [5.74, 6) is 1.09. The number of hydrogen-bond acceptors (Lipinski definition) is 6. The molecular formula is C18H24N4O3. The van der Waals surface area contributed by atoms with Gasteiger partial charge in [-0.05, 0) is 25.2 Å². The number of benzene rings is 1. The molecule has 2 fully saturated rings. The highest BCUT2D eigenvalue weighted by Crippen LogP contribution is 2.27. The molecule has 134 valence electrons. The second-order valence-corrected chi connectivity index (χ2v) is 7.07. The topological polar surface area (TPSA) is 59.8 Å². The predicted molar refractivity (Wildman–Crippen MR) is 95.0 cm³/mol. The maximum Gasteiger partial charge on any atom is 0.337 e. The Bertz CT molecular complexity index is 803. The van der Waals surface area contributed by atoms with E-state index in [1.54, 1.807) is 12.1 Å². The van der Waals surface area contributed by atoms with Gasteiger partial charge in [-0.3, -0.25) is 4.90 Å². The van der Waals surface area contributed by atoms with Crippen molar-refractivity contribution in [3.05, 3.63) is 23.8 Å². The minimum atomic E-state index is -0.336. The lowest BCUT2D eigenvalue weighted by atomic mass is 10.1.